The van der Waals surface area contributed by atoms with Crippen LogP contribution in [0.5, 0.6) is 0 Å². The van der Waals surface area contributed by atoms with E-state index in [1.165, 1.54) is 5.56 Å². The lowest BCUT2D eigenvalue weighted by atomic mass is 9.99. The summed E-state index contributed by atoms with van der Waals surface area (Å²) < 4.78 is 2.14. The van der Waals surface area contributed by atoms with E-state index in [4.69, 9.17) is 4.98 Å². The number of thiophene rings is 1. The van der Waals surface area contributed by atoms with Crippen molar-refractivity contribution in [1.29, 1.82) is 0 Å². The van der Waals surface area contributed by atoms with Gasteiger partial charge in [-0.2, -0.15) is 11.3 Å². The minimum atomic E-state index is 0.0245. The van der Waals surface area contributed by atoms with Crippen molar-refractivity contribution in [2.24, 2.45) is 0 Å². The Morgan fingerprint density at radius 1 is 1.17 bits per heavy atom. The number of benzene rings is 1. The second kappa shape index (κ2) is 7.87. The molecule has 0 saturated carbocycles. The summed E-state index contributed by atoms with van der Waals surface area (Å²) in [5, 5.41) is 4.22. The van der Waals surface area contributed by atoms with E-state index < -0.39 is 0 Å². The summed E-state index contributed by atoms with van der Waals surface area (Å²) in [5.41, 5.74) is 3.18. The van der Waals surface area contributed by atoms with Crippen LogP contribution in [-0.4, -0.2) is 31.9 Å². The molecule has 148 valence electrons. The minimum absolute atomic E-state index is 0.0245. The number of imidazole rings is 1. The molecule has 0 bridgehead atoms. The molecule has 5 rings (SSSR count). The van der Waals surface area contributed by atoms with Gasteiger partial charge in [0.05, 0.1) is 29.5 Å². The van der Waals surface area contributed by atoms with Crippen LogP contribution in [0.4, 0.5) is 0 Å². The molecular weight excluding hydrogens is 380 g/mol. The first kappa shape index (κ1) is 18.2. The van der Waals surface area contributed by atoms with Crippen LogP contribution in [0.15, 0.2) is 65.6 Å². The molecule has 3 aromatic heterocycles. The summed E-state index contributed by atoms with van der Waals surface area (Å²) >= 11 is 1.67. The summed E-state index contributed by atoms with van der Waals surface area (Å²) in [6.45, 7) is 0.794. The first-order valence-electron chi connectivity index (χ1n) is 10.2. The second-order valence-corrected chi connectivity index (χ2v) is 8.42. The maximum atomic E-state index is 13.5. The van der Waals surface area contributed by atoms with Gasteiger partial charge in [0.2, 0.25) is 5.91 Å². The van der Waals surface area contributed by atoms with Crippen molar-refractivity contribution in [2.45, 2.75) is 37.8 Å². The van der Waals surface area contributed by atoms with Crippen molar-refractivity contribution in [3.05, 3.63) is 77.0 Å². The zero-order chi connectivity index (χ0) is 19.6. The first-order chi connectivity index (χ1) is 14.3. The quantitative estimate of drug-likeness (QED) is 0.499. The van der Waals surface area contributed by atoms with Crippen molar-refractivity contribution in [3.63, 3.8) is 0 Å². The number of nitrogens with one attached hydrogen (secondary N) is 1. The fourth-order valence-corrected chi connectivity index (χ4v) is 5.05. The molecule has 4 aromatic rings. The molecule has 1 aromatic carbocycles. The van der Waals surface area contributed by atoms with Crippen molar-refractivity contribution < 1.29 is 4.79 Å². The van der Waals surface area contributed by atoms with Gasteiger partial charge in [0.1, 0.15) is 5.82 Å². The fraction of sp³-hybridized carbons (Fsp3) is 0.304. The van der Waals surface area contributed by atoms with Gasteiger partial charge in [0, 0.05) is 18.9 Å². The number of likely N-dealkylation sites (tertiary alicyclic amines) is 1. The molecule has 0 spiro atoms. The van der Waals surface area contributed by atoms with Crippen molar-refractivity contribution in [3.8, 4) is 0 Å². The third kappa shape index (κ3) is 3.60. The van der Waals surface area contributed by atoms with Gasteiger partial charge in [-0.15, -0.1) is 0 Å². The fourth-order valence-electron chi connectivity index (χ4n) is 4.34. The number of nitrogens with zero attached hydrogens (tertiary/aromatic N) is 3. The van der Waals surface area contributed by atoms with Gasteiger partial charge in [0.25, 0.3) is 0 Å². The minimum Gasteiger partial charge on any atom is -0.346 e. The Balaban J connectivity index is 1.42. The second-order valence-electron chi connectivity index (χ2n) is 7.64. The highest BCUT2D eigenvalue weighted by atomic mass is 32.1. The van der Waals surface area contributed by atoms with E-state index in [9.17, 15) is 4.79 Å². The molecule has 1 aliphatic heterocycles. The number of fused-ring (bicyclic) bond motifs is 1. The Hall–Kier alpha value is -2.86. The van der Waals surface area contributed by atoms with Gasteiger partial charge in [-0.05, 0) is 65.9 Å². The van der Waals surface area contributed by atoms with Crippen LogP contribution in [0.1, 0.15) is 49.2 Å². The average molecular weight is 405 g/mol. The molecule has 6 heteroatoms. The zero-order valence-electron chi connectivity index (χ0n) is 16.2. The highest BCUT2D eigenvalue weighted by Crippen LogP contribution is 2.33. The maximum Gasteiger partial charge on any atom is 0.225 e. The molecule has 2 atom stereocenters. The molecular formula is C23H24N4OS. The van der Waals surface area contributed by atoms with E-state index in [1.807, 2.05) is 53.7 Å². The normalized spacial score (nSPS) is 18.2. The number of aromatic nitrogens is 3. The Kier molecular flexibility index (Phi) is 4.94. The summed E-state index contributed by atoms with van der Waals surface area (Å²) in [4.78, 5) is 23.8. The lowest BCUT2D eigenvalue weighted by molar-refractivity contribution is -0.135. The predicted octanol–water partition coefficient (Wildman–Crippen LogP) is 5.16. The van der Waals surface area contributed by atoms with Crippen LogP contribution in [0.3, 0.4) is 0 Å². The van der Waals surface area contributed by atoms with Gasteiger partial charge in [-0.3, -0.25) is 4.79 Å². The summed E-state index contributed by atoms with van der Waals surface area (Å²) in [7, 11) is 0. The largest absolute Gasteiger partial charge is 0.346 e. The number of rotatable bonds is 5. The number of para-hydroxylation sites is 2. The predicted molar refractivity (Wildman–Crippen MR) is 116 cm³/mol. The molecule has 1 aliphatic rings. The Morgan fingerprint density at radius 3 is 2.83 bits per heavy atom. The summed E-state index contributed by atoms with van der Waals surface area (Å²) in [5.74, 6) is 1.10. The molecule has 0 radical (unpaired) electrons. The monoisotopic (exact) mass is 404 g/mol. The number of carbonyl (C=O) groups excluding carboxylic acids is 1. The van der Waals surface area contributed by atoms with E-state index in [-0.39, 0.29) is 18.0 Å². The van der Waals surface area contributed by atoms with Gasteiger partial charge < -0.3 is 14.5 Å². The standard InChI is InChI=1S/C23H24N4OS/c28-22(15-21(17-10-14-29-16-17)26-11-5-6-12-26)27-13-4-3-9-20(27)23-24-18-7-1-2-8-19(18)25-23/h1-2,5-8,10-12,14,16,20-21H,3-4,9,13,15H2,(H,24,25)/t20-,21-/m1/s1. The molecule has 1 N–H and O–H groups in total. The maximum absolute atomic E-state index is 13.5. The van der Waals surface area contributed by atoms with Gasteiger partial charge in [0.15, 0.2) is 0 Å². The SMILES string of the molecule is O=C(C[C@H](c1ccsc1)n1cccc1)N1CCCC[C@@H]1c1nc2ccccc2[nH]1. The highest BCUT2D eigenvalue weighted by Gasteiger charge is 2.32. The molecule has 1 amide bonds. The number of amides is 1. The van der Waals surface area contributed by atoms with Gasteiger partial charge in [-0.25, -0.2) is 4.98 Å². The van der Waals surface area contributed by atoms with E-state index >= 15 is 0 Å². The van der Waals surface area contributed by atoms with Crippen molar-refractivity contribution in [1.82, 2.24) is 19.4 Å². The van der Waals surface area contributed by atoms with Crippen LogP contribution in [0.25, 0.3) is 11.0 Å². The van der Waals surface area contributed by atoms with E-state index in [0.29, 0.717) is 6.42 Å². The van der Waals surface area contributed by atoms with Crippen LogP contribution >= 0.6 is 11.3 Å². The smallest absolute Gasteiger partial charge is 0.225 e. The van der Waals surface area contributed by atoms with Crippen LogP contribution in [-0.2, 0) is 4.79 Å². The van der Waals surface area contributed by atoms with E-state index in [2.05, 4.69) is 26.4 Å². The zero-order valence-corrected chi connectivity index (χ0v) is 17.0. The summed E-state index contributed by atoms with van der Waals surface area (Å²) in [6, 6.07) is 14.3. The summed E-state index contributed by atoms with van der Waals surface area (Å²) in [6.07, 6.45) is 7.68. The molecule has 1 saturated heterocycles. The molecule has 29 heavy (non-hydrogen) atoms. The topological polar surface area (TPSA) is 53.9 Å². The Labute approximate surface area is 174 Å². The highest BCUT2D eigenvalue weighted by molar-refractivity contribution is 7.08. The van der Waals surface area contributed by atoms with E-state index in [0.717, 1.165) is 42.7 Å². The lowest BCUT2D eigenvalue weighted by Crippen LogP contribution is -2.40. The number of carbonyl (C=O) groups is 1. The molecule has 0 unspecified atom stereocenters. The Morgan fingerprint density at radius 2 is 2.03 bits per heavy atom. The van der Waals surface area contributed by atoms with Crippen LogP contribution in [0, 0.1) is 0 Å². The number of piperidine rings is 1. The van der Waals surface area contributed by atoms with E-state index in [1.54, 1.807) is 11.3 Å². The average Bonchev–Trinajstić information content (AvgIpc) is 3.53. The molecule has 4 heterocycles. The van der Waals surface area contributed by atoms with Crippen molar-refractivity contribution >= 4 is 28.3 Å². The molecule has 1 fully saturated rings. The first-order valence-corrected chi connectivity index (χ1v) is 11.1. The number of aromatic amines is 1. The molecule has 0 aliphatic carbocycles. The molecule has 5 nitrogen and oxygen atoms in total. The van der Waals surface area contributed by atoms with Gasteiger partial charge >= 0.3 is 0 Å². The van der Waals surface area contributed by atoms with Crippen LogP contribution in [0.2, 0.25) is 0 Å². The number of hydrogen-bond donors (Lipinski definition) is 1. The number of hydrogen-bond acceptors (Lipinski definition) is 3. The third-order valence-electron chi connectivity index (χ3n) is 5.83. The van der Waals surface area contributed by atoms with Crippen molar-refractivity contribution in [2.75, 3.05) is 6.54 Å². The third-order valence-corrected chi connectivity index (χ3v) is 6.53. The Bertz CT molecular complexity index is 1020. The number of H-pyrrole nitrogens is 1. The van der Waals surface area contributed by atoms with Gasteiger partial charge in [-0.1, -0.05) is 12.1 Å². The lowest BCUT2D eigenvalue weighted by Gasteiger charge is -2.35. The van der Waals surface area contributed by atoms with Crippen LogP contribution < -0.4 is 0 Å².